The van der Waals surface area contributed by atoms with Crippen LogP contribution in [0.1, 0.15) is 39.5 Å². The zero-order valence-electron chi connectivity index (χ0n) is 14.4. The first kappa shape index (κ1) is 19.4. The SMILES string of the molecule is CC(C)N(CCNC(=O)CCCOc1cccc(Cl)c1Cl)C1CC1. The first-order valence-corrected chi connectivity index (χ1v) is 9.34. The summed E-state index contributed by atoms with van der Waals surface area (Å²) in [5.41, 5.74) is 0. The van der Waals surface area contributed by atoms with E-state index in [2.05, 4.69) is 24.1 Å². The van der Waals surface area contributed by atoms with E-state index in [0.717, 1.165) is 12.6 Å². The number of carbonyl (C=O) groups is 1. The lowest BCUT2D eigenvalue weighted by atomic mass is 10.3. The van der Waals surface area contributed by atoms with Crippen molar-refractivity contribution in [1.29, 1.82) is 0 Å². The molecule has 1 aliphatic rings. The number of rotatable bonds is 10. The molecule has 0 bridgehead atoms. The van der Waals surface area contributed by atoms with E-state index in [0.29, 0.717) is 47.8 Å². The third kappa shape index (κ3) is 6.15. The first-order valence-electron chi connectivity index (χ1n) is 8.58. The van der Waals surface area contributed by atoms with Crippen LogP contribution in [0.25, 0.3) is 0 Å². The van der Waals surface area contributed by atoms with Gasteiger partial charge in [0.15, 0.2) is 0 Å². The topological polar surface area (TPSA) is 41.6 Å². The number of halogens is 2. The molecule has 4 nitrogen and oxygen atoms in total. The summed E-state index contributed by atoms with van der Waals surface area (Å²) < 4.78 is 5.58. The molecular formula is C18H26Cl2N2O2. The Morgan fingerprint density at radius 2 is 2.12 bits per heavy atom. The predicted molar refractivity (Wildman–Crippen MR) is 99.1 cm³/mol. The van der Waals surface area contributed by atoms with Gasteiger partial charge in [0.05, 0.1) is 11.6 Å². The van der Waals surface area contributed by atoms with Crippen LogP contribution in [-0.4, -0.2) is 42.6 Å². The molecule has 1 N–H and O–H groups in total. The van der Waals surface area contributed by atoms with E-state index in [9.17, 15) is 4.79 Å². The summed E-state index contributed by atoms with van der Waals surface area (Å²) in [5, 5.41) is 3.87. The van der Waals surface area contributed by atoms with Gasteiger partial charge in [-0.3, -0.25) is 9.69 Å². The highest BCUT2D eigenvalue weighted by atomic mass is 35.5. The molecule has 0 aromatic heterocycles. The molecule has 1 amide bonds. The second-order valence-electron chi connectivity index (χ2n) is 6.42. The zero-order valence-corrected chi connectivity index (χ0v) is 15.9. The molecule has 0 radical (unpaired) electrons. The zero-order chi connectivity index (χ0) is 17.5. The number of benzene rings is 1. The smallest absolute Gasteiger partial charge is 0.220 e. The van der Waals surface area contributed by atoms with Crippen LogP contribution in [0, 0.1) is 0 Å². The van der Waals surface area contributed by atoms with Crippen LogP contribution in [0.4, 0.5) is 0 Å². The molecule has 0 aliphatic heterocycles. The molecule has 134 valence electrons. The van der Waals surface area contributed by atoms with E-state index in [4.69, 9.17) is 27.9 Å². The maximum atomic E-state index is 11.9. The van der Waals surface area contributed by atoms with E-state index in [1.54, 1.807) is 18.2 Å². The van der Waals surface area contributed by atoms with Crippen molar-refractivity contribution in [3.63, 3.8) is 0 Å². The van der Waals surface area contributed by atoms with Crippen molar-refractivity contribution >= 4 is 29.1 Å². The largest absolute Gasteiger partial charge is 0.492 e. The molecule has 0 saturated heterocycles. The summed E-state index contributed by atoms with van der Waals surface area (Å²) in [6.45, 7) is 6.47. The average molecular weight is 373 g/mol. The van der Waals surface area contributed by atoms with Gasteiger partial charge in [0.25, 0.3) is 0 Å². The van der Waals surface area contributed by atoms with Gasteiger partial charge in [-0.1, -0.05) is 29.3 Å². The minimum atomic E-state index is 0.0651. The summed E-state index contributed by atoms with van der Waals surface area (Å²) in [6, 6.07) is 6.53. The Kier molecular flexibility index (Phi) is 7.66. The van der Waals surface area contributed by atoms with Crippen LogP contribution in [-0.2, 0) is 4.79 Å². The summed E-state index contributed by atoms with van der Waals surface area (Å²) in [6.07, 6.45) is 3.67. The number of amides is 1. The van der Waals surface area contributed by atoms with Crippen molar-refractivity contribution < 1.29 is 9.53 Å². The molecule has 0 spiro atoms. The Labute approximate surface area is 154 Å². The number of hydrogen-bond donors (Lipinski definition) is 1. The van der Waals surface area contributed by atoms with Crippen molar-refractivity contribution in [2.75, 3.05) is 19.7 Å². The first-order chi connectivity index (χ1) is 11.5. The lowest BCUT2D eigenvalue weighted by molar-refractivity contribution is -0.121. The minimum Gasteiger partial charge on any atom is -0.492 e. The highest BCUT2D eigenvalue weighted by molar-refractivity contribution is 6.42. The van der Waals surface area contributed by atoms with Crippen LogP contribution in [0.5, 0.6) is 5.75 Å². The monoisotopic (exact) mass is 372 g/mol. The van der Waals surface area contributed by atoms with Crippen molar-refractivity contribution in [3.05, 3.63) is 28.2 Å². The van der Waals surface area contributed by atoms with Gasteiger partial charge in [-0.05, 0) is 45.2 Å². The summed E-state index contributed by atoms with van der Waals surface area (Å²) in [7, 11) is 0. The summed E-state index contributed by atoms with van der Waals surface area (Å²) >= 11 is 12.0. The molecule has 24 heavy (non-hydrogen) atoms. The number of carbonyl (C=O) groups excluding carboxylic acids is 1. The van der Waals surface area contributed by atoms with Crippen LogP contribution >= 0.6 is 23.2 Å². The molecule has 1 aromatic carbocycles. The van der Waals surface area contributed by atoms with Crippen LogP contribution in [0.15, 0.2) is 18.2 Å². The molecule has 1 aromatic rings. The Morgan fingerprint density at radius 3 is 2.79 bits per heavy atom. The second-order valence-corrected chi connectivity index (χ2v) is 7.20. The average Bonchev–Trinajstić information content (AvgIpc) is 3.36. The van der Waals surface area contributed by atoms with Crippen molar-refractivity contribution in [2.24, 2.45) is 0 Å². The van der Waals surface area contributed by atoms with Gasteiger partial charge in [-0.25, -0.2) is 0 Å². The molecule has 0 atom stereocenters. The van der Waals surface area contributed by atoms with Gasteiger partial charge in [0, 0.05) is 31.6 Å². The molecule has 1 fully saturated rings. The second kappa shape index (κ2) is 9.50. The number of ether oxygens (including phenoxy) is 1. The predicted octanol–water partition coefficient (Wildman–Crippen LogP) is 4.14. The van der Waals surface area contributed by atoms with Gasteiger partial charge in [0.2, 0.25) is 5.91 Å². The quantitative estimate of drug-likeness (QED) is 0.627. The Morgan fingerprint density at radius 1 is 1.38 bits per heavy atom. The van der Waals surface area contributed by atoms with E-state index in [1.807, 2.05) is 0 Å². The van der Waals surface area contributed by atoms with Crippen molar-refractivity contribution in [1.82, 2.24) is 10.2 Å². The molecule has 0 heterocycles. The van der Waals surface area contributed by atoms with E-state index in [1.165, 1.54) is 12.8 Å². The fourth-order valence-electron chi connectivity index (χ4n) is 2.69. The molecule has 1 saturated carbocycles. The van der Waals surface area contributed by atoms with E-state index >= 15 is 0 Å². The summed E-state index contributed by atoms with van der Waals surface area (Å²) in [5.74, 6) is 0.622. The van der Waals surface area contributed by atoms with Gasteiger partial charge in [-0.15, -0.1) is 0 Å². The molecule has 1 aliphatic carbocycles. The fraction of sp³-hybridized carbons (Fsp3) is 0.611. The molecule has 0 unspecified atom stereocenters. The maximum Gasteiger partial charge on any atom is 0.220 e. The van der Waals surface area contributed by atoms with Gasteiger partial charge in [0.1, 0.15) is 10.8 Å². The minimum absolute atomic E-state index is 0.0651. The van der Waals surface area contributed by atoms with Crippen LogP contribution < -0.4 is 10.1 Å². The summed E-state index contributed by atoms with van der Waals surface area (Å²) in [4.78, 5) is 14.3. The molecule has 2 rings (SSSR count). The van der Waals surface area contributed by atoms with Gasteiger partial charge in [-0.2, -0.15) is 0 Å². The third-order valence-corrected chi connectivity index (χ3v) is 4.89. The third-order valence-electron chi connectivity index (χ3n) is 4.09. The molecular weight excluding hydrogens is 347 g/mol. The lowest BCUT2D eigenvalue weighted by Gasteiger charge is -2.26. The Bertz CT molecular complexity index is 546. The van der Waals surface area contributed by atoms with E-state index < -0.39 is 0 Å². The normalized spacial score (nSPS) is 14.2. The van der Waals surface area contributed by atoms with Crippen LogP contribution in [0.2, 0.25) is 10.0 Å². The highest BCUT2D eigenvalue weighted by Gasteiger charge is 2.30. The number of nitrogens with zero attached hydrogens (tertiary/aromatic N) is 1. The molecule has 6 heteroatoms. The van der Waals surface area contributed by atoms with Crippen LogP contribution in [0.3, 0.4) is 0 Å². The fourth-order valence-corrected chi connectivity index (χ4v) is 3.04. The number of hydrogen-bond acceptors (Lipinski definition) is 3. The Balaban J connectivity index is 1.59. The number of nitrogens with one attached hydrogen (secondary N) is 1. The van der Waals surface area contributed by atoms with E-state index in [-0.39, 0.29) is 5.91 Å². The lowest BCUT2D eigenvalue weighted by Crippen LogP contribution is -2.40. The van der Waals surface area contributed by atoms with Gasteiger partial charge < -0.3 is 10.1 Å². The Hall–Kier alpha value is -0.970. The van der Waals surface area contributed by atoms with Crippen molar-refractivity contribution in [2.45, 2.75) is 51.6 Å². The van der Waals surface area contributed by atoms with Crippen molar-refractivity contribution in [3.8, 4) is 5.75 Å². The highest BCUT2D eigenvalue weighted by Crippen LogP contribution is 2.31. The maximum absolute atomic E-state index is 11.9. The standard InChI is InChI=1S/C18H26Cl2N2O2/c1-13(2)22(14-8-9-14)11-10-21-17(23)7-4-12-24-16-6-3-5-15(19)18(16)20/h3,5-6,13-14H,4,7-12H2,1-2H3,(H,21,23). The van der Waals surface area contributed by atoms with Gasteiger partial charge >= 0.3 is 0 Å².